The summed E-state index contributed by atoms with van der Waals surface area (Å²) in [6.07, 6.45) is 0.958. The molecular formula is C18H21N7O. The van der Waals surface area contributed by atoms with Gasteiger partial charge < -0.3 is 4.74 Å². The zero-order valence-electron chi connectivity index (χ0n) is 14.6. The van der Waals surface area contributed by atoms with E-state index in [0.717, 1.165) is 65.9 Å². The molecule has 0 aliphatic carbocycles. The summed E-state index contributed by atoms with van der Waals surface area (Å²) >= 11 is 0. The van der Waals surface area contributed by atoms with E-state index < -0.39 is 0 Å². The number of ether oxygens (including phenoxy) is 1. The van der Waals surface area contributed by atoms with Crippen LogP contribution in [0.15, 0.2) is 36.4 Å². The summed E-state index contributed by atoms with van der Waals surface area (Å²) in [6, 6.07) is 12.2. The lowest BCUT2D eigenvalue weighted by Gasteiger charge is -2.22. The van der Waals surface area contributed by atoms with E-state index in [-0.39, 0.29) is 0 Å². The van der Waals surface area contributed by atoms with Crippen molar-refractivity contribution in [3.05, 3.63) is 47.5 Å². The topological polar surface area (TPSA) is 95.6 Å². The van der Waals surface area contributed by atoms with Crippen molar-refractivity contribution in [3.63, 3.8) is 0 Å². The highest BCUT2D eigenvalue weighted by molar-refractivity contribution is 5.78. The summed E-state index contributed by atoms with van der Waals surface area (Å²) in [7, 11) is 1.73. The van der Waals surface area contributed by atoms with Gasteiger partial charge in [-0.1, -0.05) is 34.7 Å². The van der Waals surface area contributed by atoms with Gasteiger partial charge in [-0.15, -0.1) is 10.2 Å². The van der Waals surface area contributed by atoms with E-state index in [1.54, 1.807) is 7.11 Å². The highest BCUT2D eigenvalue weighted by atomic mass is 16.5. The average Bonchev–Trinajstić information content (AvgIpc) is 3.32. The monoisotopic (exact) mass is 351 g/mol. The molecule has 0 radical (unpaired) electrons. The van der Waals surface area contributed by atoms with E-state index >= 15 is 0 Å². The molecule has 0 amide bonds. The van der Waals surface area contributed by atoms with Crippen LogP contribution in [-0.4, -0.2) is 56.0 Å². The molecule has 2 heterocycles. The maximum absolute atomic E-state index is 5.23. The number of rotatable bonds is 8. The maximum Gasteiger partial charge on any atom is 0.117 e. The van der Waals surface area contributed by atoms with E-state index in [1.807, 2.05) is 24.3 Å². The summed E-state index contributed by atoms with van der Waals surface area (Å²) in [5.74, 6) is 0. The second-order valence-electron chi connectivity index (χ2n) is 6.31. The van der Waals surface area contributed by atoms with Gasteiger partial charge in [0.2, 0.25) is 0 Å². The fourth-order valence-electron chi connectivity index (χ4n) is 3.24. The van der Waals surface area contributed by atoms with Gasteiger partial charge in [-0.25, -0.2) is 0 Å². The summed E-state index contributed by atoms with van der Waals surface area (Å²) < 4.78 is 5.23. The first-order valence-electron chi connectivity index (χ1n) is 8.64. The Bertz CT molecular complexity index is 917. The van der Waals surface area contributed by atoms with Gasteiger partial charge in [0.25, 0.3) is 0 Å². The predicted octanol–water partition coefficient (Wildman–Crippen LogP) is 2.27. The van der Waals surface area contributed by atoms with Crippen LogP contribution >= 0.6 is 0 Å². The number of fused-ring (bicyclic) bond motifs is 2. The third-order valence-electron chi connectivity index (χ3n) is 4.49. The first kappa shape index (κ1) is 16.6. The van der Waals surface area contributed by atoms with Crippen LogP contribution < -0.4 is 0 Å². The molecule has 0 aliphatic heterocycles. The first-order chi connectivity index (χ1) is 12.8. The minimum atomic E-state index is 0.735. The molecule has 8 nitrogen and oxygen atoms in total. The number of nitrogens with one attached hydrogen (secondary N) is 2. The van der Waals surface area contributed by atoms with Crippen LogP contribution in [0.5, 0.6) is 0 Å². The first-order valence-corrected chi connectivity index (χ1v) is 8.64. The summed E-state index contributed by atoms with van der Waals surface area (Å²) in [5.41, 5.74) is 6.06. The van der Waals surface area contributed by atoms with Crippen LogP contribution in [0.4, 0.5) is 0 Å². The van der Waals surface area contributed by atoms with Gasteiger partial charge in [0.05, 0.1) is 11.0 Å². The van der Waals surface area contributed by atoms with Gasteiger partial charge in [-0.2, -0.15) is 0 Å². The minimum Gasteiger partial charge on any atom is -0.385 e. The van der Waals surface area contributed by atoms with Gasteiger partial charge in [-0.05, 0) is 29.7 Å². The molecule has 26 heavy (non-hydrogen) atoms. The number of aromatic amines is 2. The van der Waals surface area contributed by atoms with Gasteiger partial charge in [0.15, 0.2) is 0 Å². The smallest absolute Gasteiger partial charge is 0.117 e. The molecule has 0 saturated heterocycles. The number of nitrogens with zero attached hydrogens (tertiary/aromatic N) is 5. The molecule has 2 N–H and O–H groups in total. The zero-order valence-corrected chi connectivity index (χ0v) is 14.6. The average molecular weight is 351 g/mol. The van der Waals surface area contributed by atoms with Crippen molar-refractivity contribution in [1.82, 2.24) is 35.7 Å². The molecule has 0 fully saturated rings. The van der Waals surface area contributed by atoms with Crippen molar-refractivity contribution in [2.45, 2.75) is 19.5 Å². The molecule has 8 heteroatoms. The third-order valence-corrected chi connectivity index (χ3v) is 4.49. The number of hydrogen-bond acceptors (Lipinski definition) is 6. The van der Waals surface area contributed by atoms with Crippen LogP contribution in [-0.2, 0) is 17.8 Å². The zero-order chi connectivity index (χ0) is 17.8. The highest BCUT2D eigenvalue weighted by Gasteiger charge is 2.13. The fourth-order valence-corrected chi connectivity index (χ4v) is 3.24. The van der Waals surface area contributed by atoms with Crippen LogP contribution in [0.25, 0.3) is 22.1 Å². The molecule has 0 unspecified atom stereocenters. The van der Waals surface area contributed by atoms with E-state index in [2.05, 4.69) is 47.9 Å². The lowest BCUT2D eigenvalue weighted by atomic mass is 10.1. The Morgan fingerprint density at radius 2 is 1.46 bits per heavy atom. The molecule has 0 spiro atoms. The van der Waals surface area contributed by atoms with Crippen molar-refractivity contribution < 1.29 is 4.74 Å². The molecule has 4 aromatic rings. The van der Waals surface area contributed by atoms with Gasteiger partial charge in [0, 0.05) is 33.4 Å². The molecule has 0 saturated carbocycles. The SMILES string of the molecule is COCCCN(Cc1cccc2[nH]nnc12)Cc1cccc2[nH]nnc12. The molecule has 4 rings (SSSR count). The van der Waals surface area contributed by atoms with Crippen molar-refractivity contribution >= 4 is 22.1 Å². The molecule has 0 aliphatic rings. The number of aromatic nitrogens is 6. The third kappa shape index (κ3) is 3.42. The molecule has 0 bridgehead atoms. The van der Waals surface area contributed by atoms with E-state index in [0.29, 0.717) is 0 Å². The predicted molar refractivity (Wildman–Crippen MR) is 98.4 cm³/mol. The Kier molecular flexibility index (Phi) is 4.85. The lowest BCUT2D eigenvalue weighted by Crippen LogP contribution is -2.25. The molecule has 2 aromatic carbocycles. The van der Waals surface area contributed by atoms with Crippen molar-refractivity contribution in [3.8, 4) is 0 Å². The van der Waals surface area contributed by atoms with Crippen LogP contribution in [0.2, 0.25) is 0 Å². The molecular weight excluding hydrogens is 330 g/mol. The summed E-state index contributed by atoms with van der Waals surface area (Å²) in [4.78, 5) is 2.38. The number of methoxy groups -OCH3 is 1. The maximum atomic E-state index is 5.23. The molecule has 0 atom stereocenters. The van der Waals surface area contributed by atoms with Crippen LogP contribution in [0.1, 0.15) is 17.5 Å². The van der Waals surface area contributed by atoms with Crippen LogP contribution in [0, 0.1) is 0 Å². The minimum absolute atomic E-state index is 0.735. The standard InChI is InChI=1S/C18H21N7O/c1-26-10-4-9-25(11-13-5-2-7-15-17(13)21-23-19-15)12-14-6-3-8-16-18(14)22-24-20-16/h2-3,5-8H,4,9-12H2,1H3,(H,19,21,23)(H,20,22,24). The Balaban J connectivity index is 1.59. The molecule has 2 aromatic heterocycles. The quantitative estimate of drug-likeness (QED) is 0.473. The second kappa shape index (κ2) is 7.59. The number of H-pyrrole nitrogens is 2. The van der Waals surface area contributed by atoms with Gasteiger partial charge in [0.1, 0.15) is 11.0 Å². The summed E-state index contributed by atoms with van der Waals surface area (Å²) in [5, 5.41) is 22.2. The van der Waals surface area contributed by atoms with Crippen molar-refractivity contribution in [2.75, 3.05) is 20.3 Å². The highest BCUT2D eigenvalue weighted by Crippen LogP contribution is 2.20. The van der Waals surface area contributed by atoms with E-state index in [1.165, 1.54) is 0 Å². The van der Waals surface area contributed by atoms with Crippen molar-refractivity contribution in [2.24, 2.45) is 0 Å². The normalized spacial score (nSPS) is 11.8. The Morgan fingerprint density at radius 1 is 0.885 bits per heavy atom. The van der Waals surface area contributed by atoms with E-state index in [9.17, 15) is 0 Å². The van der Waals surface area contributed by atoms with Gasteiger partial charge >= 0.3 is 0 Å². The fraction of sp³-hybridized carbons (Fsp3) is 0.333. The Hall–Kier alpha value is -2.84. The number of hydrogen-bond donors (Lipinski definition) is 2. The van der Waals surface area contributed by atoms with E-state index in [4.69, 9.17) is 4.74 Å². The van der Waals surface area contributed by atoms with Gasteiger partial charge in [-0.3, -0.25) is 15.1 Å². The second-order valence-corrected chi connectivity index (χ2v) is 6.31. The van der Waals surface area contributed by atoms with Crippen LogP contribution in [0.3, 0.4) is 0 Å². The molecule has 134 valence electrons. The summed E-state index contributed by atoms with van der Waals surface area (Å²) in [6.45, 7) is 3.21. The Morgan fingerprint density at radius 3 is 2.00 bits per heavy atom. The Labute approximate surface area is 150 Å². The largest absolute Gasteiger partial charge is 0.385 e. The van der Waals surface area contributed by atoms with Crippen molar-refractivity contribution in [1.29, 1.82) is 0 Å². The lowest BCUT2D eigenvalue weighted by molar-refractivity contribution is 0.167. The number of benzene rings is 2.